The number of methoxy groups -OCH3 is 1. The number of ether oxygens (including phenoxy) is 1. The molecule has 2 aliphatic heterocycles. The second-order valence-corrected chi connectivity index (χ2v) is 7.98. The van der Waals surface area contributed by atoms with Gasteiger partial charge in [-0.3, -0.25) is 9.69 Å². The van der Waals surface area contributed by atoms with Crippen molar-refractivity contribution in [1.29, 1.82) is 0 Å². The maximum atomic E-state index is 13.1. The van der Waals surface area contributed by atoms with Gasteiger partial charge in [0.05, 0.1) is 7.11 Å². The summed E-state index contributed by atoms with van der Waals surface area (Å²) in [6.07, 6.45) is 7.30. The number of ketones is 1. The fraction of sp³-hybridized carbons (Fsp3) is 0.478. The predicted molar refractivity (Wildman–Crippen MR) is 106 cm³/mol. The minimum absolute atomic E-state index is 0.113. The van der Waals surface area contributed by atoms with E-state index in [0.717, 1.165) is 30.5 Å². The maximum Gasteiger partial charge on any atom is 0.215 e. The molecule has 0 spiro atoms. The van der Waals surface area contributed by atoms with E-state index in [4.69, 9.17) is 4.74 Å². The Labute approximate surface area is 161 Å². The second kappa shape index (κ2) is 7.81. The largest absolute Gasteiger partial charge is 0.481 e. The van der Waals surface area contributed by atoms with E-state index < -0.39 is 0 Å². The zero-order valence-electron chi connectivity index (χ0n) is 16.2. The lowest BCUT2D eigenvalue weighted by Crippen LogP contribution is -2.52. The summed E-state index contributed by atoms with van der Waals surface area (Å²) >= 11 is 0. The molecule has 2 unspecified atom stereocenters. The van der Waals surface area contributed by atoms with E-state index >= 15 is 0 Å². The second-order valence-electron chi connectivity index (χ2n) is 7.98. The topological polar surface area (TPSA) is 42.4 Å². The molecule has 27 heavy (non-hydrogen) atoms. The zero-order valence-corrected chi connectivity index (χ0v) is 16.2. The number of pyridine rings is 1. The van der Waals surface area contributed by atoms with E-state index in [1.165, 1.54) is 24.8 Å². The van der Waals surface area contributed by atoms with E-state index in [0.29, 0.717) is 18.0 Å². The number of piperidine rings is 2. The number of aryl methyl sites for hydroxylation is 1. The van der Waals surface area contributed by atoms with Gasteiger partial charge in [-0.1, -0.05) is 36.8 Å². The normalized spacial score (nSPS) is 25.2. The monoisotopic (exact) mass is 364 g/mol. The van der Waals surface area contributed by atoms with Gasteiger partial charge in [0.1, 0.15) is 0 Å². The number of carbonyl (C=O) groups is 1. The van der Waals surface area contributed by atoms with Crippen molar-refractivity contribution in [3.8, 4) is 5.88 Å². The Morgan fingerprint density at radius 2 is 1.89 bits per heavy atom. The highest BCUT2D eigenvalue weighted by molar-refractivity contribution is 5.98. The summed E-state index contributed by atoms with van der Waals surface area (Å²) in [7, 11) is 1.61. The molecule has 3 heterocycles. The zero-order chi connectivity index (χ0) is 18.8. The van der Waals surface area contributed by atoms with Gasteiger partial charge in [0.25, 0.3) is 0 Å². The van der Waals surface area contributed by atoms with E-state index in [1.54, 1.807) is 13.3 Å². The van der Waals surface area contributed by atoms with Crippen LogP contribution in [0.5, 0.6) is 5.88 Å². The molecule has 2 atom stereocenters. The van der Waals surface area contributed by atoms with Gasteiger partial charge in [-0.25, -0.2) is 4.98 Å². The third-order valence-corrected chi connectivity index (χ3v) is 6.21. The minimum Gasteiger partial charge on any atom is -0.481 e. The van der Waals surface area contributed by atoms with Gasteiger partial charge in [0.15, 0.2) is 5.78 Å². The number of benzene rings is 1. The lowest BCUT2D eigenvalue weighted by molar-refractivity contribution is 0.00905. The Kier molecular flexibility index (Phi) is 5.26. The summed E-state index contributed by atoms with van der Waals surface area (Å²) in [4.78, 5) is 20.1. The van der Waals surface area contributed by atoms with Crippen LogP contribution in [-0.4, -0.2) is 34.9 Å². The molecule has 142 valence electrons. The van der Waals surface area contributed by atoms with Crippen molar-refractivity contribution in [3.63, 3.8) is 0 Å². The molecule has 1 aromatic carbocycles. The summed E-state index contributed by atoms with van der Waals surface area (Å²) in [6, 6.07) is 13.7. The smallest absolute Gasteiger partial charge is 0.215 e. The van der Waals surface area contributed by atoms with E-state index in [9.17, 15) is 4.79 Å². The average Bonchev–Trinajstić information content (AvgIpc) is 2.68. The van der Waals surface area contributed by atoms with Crippen molar-refractivity contribution in [1.82, 2.24) is 9.88 Å². The van der Waals surface area contributed by atoms with Crippen molar-refractivity contribution < 1.29 is 9.53 Å². The van der Waals surface area contributed by atoms with Crippen LogP contribution in [0, 0.1) is 12.8 Å². The van der Waals surface area contributed by atoms with Crippen molar-refractivity contribution >= 4 is 5.78 Å². The lowest BCUT2D eigenvalue weighted by atomic mass is 9.75. The van der Waals surface area contributed by atoms with Crippen molar-refractivity contribution in [2.75, 3.05) is 7.11 Å². The molecular formula is C23H28N2O2. The number of hydrogen-bond acceptors (Lipinski definition) is 4. The third kappa shape index (κ3) is 3.77. The molecule has 2 bridgehead atoms. The van der Waals surface area contributed by atoms with Crippen LogP contribution >= 0.6 is 0 Å². The quantitative estimate of drug-likeness (QED) is 0.737. The molecule has 1 aromatic heterocycles. The number of nitrogens with zero attached hydrogens (tertiary/aromatic N) is 2. The van der Waals surface area contributed by atoms with Crippen molar-refractivity contribution in [2.45, 2.75) is 57.7 Å². The molecule has 0 amide bonds. The van der Waals surface area contributed by atoms with E-state index in [1.807, 2.05) is 13.0 Å². The number of carbonyl (C=O) groups excluding carboxylic acids is 1. The molecule has 2 saturated heterocycles. The minimum atomic E-state index is 0.113. The predicted octanol–water partition coefficient (Wildman–Crippen LogP) is 4.41. The van der Waals surface area contributed by atoms with Crippen LogP contribution in [0.2, 0.25) is 0 Å². The fourth-order valence-corrected chi connectivity index (χ4v) is 4.89. The first-order valence-corrected chi connectivity index (χ1v) is 10.00. The maximum absolute atomic E-state index is 13.1. The van der Waals surface area contributed by atoms with Crippen LogP contribution in [0.1, 0.15) is 53.6 Å². The number of hydrogen-bond donors (Lipinski definition) is 0. The average molecular weight is 364 g/mol. The van der Waals surface area contributed by atoms with E-state index in [2.05, 4.69) is 40.2 Å². The Morgan fingerprint density at radius 3 is 2.52 bits per heavy atom. The van der Waals surface area contributed by atoms with Gasteiger partial charge >= 0.3 is 0 Å². The highest BCUT2D eigenvalue weighted by Crippen LogP contribution is 2.39. The Balaban J connectivity index is 1.49. The Bertz CT molecular complexity index is 791. The molecule has 2 fully saturated rings. The van der Waals surface area contributed by atoms with Crippen LogP contribution in [-0.2, 0) is 6.54 Å². The molecule has 0 aliphatic carbocycles. The third-order valence-electron chi connectivity index (χ3n) is 6.21. The molecule has 0 saturated carbocycles. The Hall–Kier alpha value is -2.20. The highest BCUT2D eigenvalue weighted by atomic mass is 16.5. The van der Waals surface area contributed by atoms with Gasteiger partial charge in [0, 0.05) is 41.9 Å². The first-order chi connectivity index (χ1) is 13.2. The van der Waals surface area contributed by atoms with Gasteiger partial charge in [-0.15, -0.1) is 0 Å². The van der Waals surface area contributed by atoms with E-state index in [-0.39, 0.29) is 11.7 Å². The number of fused-ring (bicyclic) bond motifs is 2. The van der Waals surface area contributed by atoms with Gasteiger partial charge in [-0.2, -0.15) is 0 Å². The van der Waals surface area contributed by atoms with Crippen molar-refractivity contribution in [3.05, 3.63) is 59.3 Å². The Morgan fingerprint density at radius 1 is 1.19 bits per heavy atom. The lowest BCUT2D eigenvalue weighted by Gasteiger charge is -2.48. The van der Waals surface area contributed by atoms with Crippen LogP contribution in [0.4, 0.5) is 0 Å². The molecule has 4 heteroatoms. The summed E-state index contributed by atoms with van der Waals surface area (Å²) in [5, 5.41) is 0. The standard InChI is InChI=1S/C23H28N2O2/c1-16-11-19(14-24-23(16)27-2)22(26)18-12-20-9-6-10-21(13-18)25(20)15-17-7-4-3-5-8-17/h3-5,7-8,11,14,18,20-21H,6,9-10,12-13,15H2,1-2H3. The van der Waals surface area contributed by atoms with Gasteiger partial charge in [-0.05, 0) is 44.2 Å². The highest BCUT2D eigenvalue weighted by Gasteiger charge is 2.40. The summed E-state index contributed by atoms with van der Waals surface area (Å²) in [5.74, 6) is 0.965. The summed E-state index contributed by atoms with van der Waals surface area (Å²) < 4.78 is 5.23. The molecule has 0 N–H and O–H groups in total. The molecular weight excluding hydrogens is 336 g/mol. The number of Topliss-reactive ketones (excluding diaryl/α,β-unsaturated/α-hetero) is 1. The van der Waals surface area contributed by atoms with Crippen LogP contribution < -0.4 is 4.74 Å². The van der Waals surface area contributed by atoms with Gasteiger partial charge in [0.2, 0.25) is 5.88 Å². The van der Waals surface area contributed by atoms with Gasteiger partial charge < -0.3 is 4.74 Å². The number of aromatic nitrogens is 1. The molecule has 2 aromatic rings. The van der Waals surface area contributed by atoms with Crippen molar-refractivity contribution in [2.24, 2.45) is 5.92 Å². The first kappa shape index (κ1) is 18.2. The summed E-state index contributed by atoms with van der Waals surface area (Å²) in [6.45, 7) is 2.94. The van der Waals surface area contributed by atoms with Crippen LogP contribution in [0.25, 0.3) is 0 Å². The van der Waals surface area contributed by atoms with Crippen LogP contribution in [0.3, 0.4) is 0 Å². The SMILES string of the molecule is COc1ncc(C(=O)C2CC3CCCC(C2)N3Cc2ccccc2)cc1C. The first-order valence-electron chi connectivity index (χ1n) is 10.00. The molecule has 4 nitrogen and oxygen atoms in total. The molecule has 0 radical (unpaired) electrons. The summed E-state index contributed by atoms with van der Waals surface area (Å²) in [5.41, 5.74) is 3.02. The fourth-order valence-electron chi connectivity index (χ4n) is 4.89. The molecule has 2 aliphatic rings. The van der Waals surface area contributed by atoms with Crippen LogP contribution in [0.15, 0.2) is 42.6 Å². The molecule has 4 rings (SSSR count). The number of rotatable bonds is 5.